The molecule has 3 aromatic rings. The van der Waals surface area contributed by atoms with Gasteiger partial charge in [-0.25, -0.2) is 5.43 Å². The number of nitrogens with one attached hydrogen (secondary N) is 1. The van der Waals surface area contributed by atoms with Gasteiger partial charge in [-0.1, -0.05) is 36.4 Å². The van der Waals surface area contributed by atoms with Crippen molar-refractivity contribution in [3.05, 3.63) is 64.2 Å². The standard InChI is InChI=1S/C20H20N8O4/c29-19(14-27-24-20(23-25-27)16-4-2-1-3-5-16)22-21-13-15-6-7-17(18(12-15)28(30)31)26-8-10-32-11-9-26/h1-7,12-13H,8-11,14H2,(H,22,29)/b21-13+. The van der Waals surface area contributed by atoms with Crippen molar-refractivity contribution in [1.82, 2.24) is 25.6 Å². The highest BCUT2D eigenvalue weighted by molar-refractivity contribution is 5.84. The normalized spacial score (nSPS) is 13.9. The quantitative estimate of drug-likeness (QED) is 0.331. The zero-order valence-corrected chi connectivity index (χ0v) is 17.0. The highest BCUT2D eigenvalue weighted by Crippen LogP contribution is 2.29. The number of morpholine rings is 1. The second-order valence-corrected chi connectivity index (χ2v) is 6.91. The van der Waals surface area contributed by atoms with Crippen molar-refractivity contribution in [2.45, 2.75) is 6.54 Å². The molecule has 0 saturated carbocycles. The van der Waals surface area contributed by atoms with Crippen LogP contribution in [0.3, 0.4) is 0 Å². The summed E-state index contributed by atoms with van der Waals surface area (Å²) in [6.45, 7) is 2.06. The Bertz CT molecular complexity index is 1130. The van der Waals surface area contributed by atoms with E-state index in [9.17, 15) is 14.9 Å². The molecule has 1 aromatic heterocycles. The van der Waals surface area contributed by atoms with Gasteiger partial charge in [0.15, 0.2) is 0 Å². The van der Waals surface area contributed by atoms with Crippen LogP contribution in [0.4, 0.5) is 11.4 Å². The van der Waals surface area contributed by atoms with Crippen LogP contribution in [0.25, 0.3) is 11.4 Å². The van der Waals surface area contributed by atoms with E-state index in [1.807, 2.05) is 35.2 Å². The Kier molecular flexibility index (Phi) is 6.41. The van der Waals surface area contributed by atoms with Crippen molar-refractivity contribution in [2.24, 2.45) is 5.10 Å². The third-order valence-corrected chi connectivity index (χ3v) is 4.72. The van der Waals surface area contributed by atoms with Crippen molar-refractivity contribution in [3.8, 4) is 11.4 Å². The summed E-state index contributed by atoms with van der Waals surface area (Å²) in [6.07, 6.45) is 1.35. The molecule has 0 spiro atoms. The lowest BCUT2D eigenvalue weighted by molar-refractivity contribution is -0.384. The maximum Gasteiger partial charge on any atom is 0.293 e. The zero-order chi connectivity index (χ0) is 22.3. The minimum atomic E-state index is -0.460. The van der Waals surface area contributed by atoms with Gasteiger partial charge in [0.2, 0.25) is 5.82 Å². The second kappa shape index (κ2) is 9.75. The zero-order valence-electron chi connectivity index (χ0n) is 17.0. The van der Waals surface area contributed by atoms with Gasteiger partial charge in [-0.15, -0.1) is 10.2 Å². The summed E-state index contributed by atoms with van der Waals surface area (Å²) in [7, 11) is 0. The molecule has 12 nitrogen and oxygen atoms in total. The van der Waals surface area contributed by atoms with Crippen molar-refractivity contribution in [2.75, 3.05) is 31.2 Å². The smallest absolute Gasteiger partial charge is 0.293 e. The lowest BCUT2D eigenvalue weighted by atomic mass is 10.1. The maximum atomic E-state index is 12.1. The molecule has 4 rings (SSSR count). The molecule has 2 aromatic carbocycles. The third kappa shape index (κ3) is 5.10. The molecule has 1 saturated heterocycles. The molecule has 0 aliphatic carbocycles. The van der Waals surface area contributed by atoms with Crippen LogP contribution in [-0.4, -0.2) is 63.6 Å². The Morgan fingerprint density at radius 2 is 2.00 bits per heavy atom. The van der Waals surface area contributed by atoms with Crippen LogP contribution in [-0.2, 0) is 16.1 Å². The van der Waals surface area contributed by atoms with Gasteiger partial charge in [0.05, 0.1) is 24.4 Å². The predicted octanol–water partition coefficient (Wildman–Crippen LogP) is 1.24. The summed E-state index contributed by atoms with van der Waals surface area (Å²) in [5.41, 5.74) is 4.14. The fraction of sp³-hybridized carbons (Fsp3) is 0.250. The Morgan fingerprint density at radius 1 is 1.22 bits per heavy atom. The van der Waals surface area contributed by atoms with Gasteiger partial charge < -0.3 is 9.64 Å². The van der Waals surface area contributed by atoms with E-state index in [-0.39, 0.29) is 12.2 Å². The number of ether oxygens (including phenoxy) is 1. The van der Waals surface area contributed by atoms with E-state index in [1.165, 1.54) is 12.3 Å². The van der Waals surface area contributed by atoms with Crippen molar-refractivity contribution < 1.29 is 14.5 Å². The fourth-order valence-electron chi connectivity index (χ4n) is 3.19. The summed E-state index contributed by atoms with van der Waals surface area (Å²) in [5, 5.41) is 27.3. The third-order valence-electron chi connectivity index (χ3n) is 4.72. The maximum absolute atomic E-state index is 12.1. The van der Waals surface area contributed by atoms with Crippen LogP contribution in [0, 0.1) is 10.1 Å². The van der Waals surface area contributed by atoms with E-state index in [1.54, 1.807) is 12.1 Å². The van der Waals surface area contributed by atoms with Crippen molar-refractivity contribution in [3.63, 3.8) is 0 Å². The SMILES string of the molecule is O=C(Cn1nnc(-c2ccccc2)n1)N/N=C/c1ccc(N2CCOCC2)c([N+](=O)[O-])c1. The van der Waals surface area contributed by atoms with Gasteiger partial charge >= 0.3 is 0 Å². The molecule has 1 aliphatic heterocycles. The first kappa shape index (κ1) is 21.1. The van der Waals surface area contributed by atoms with E-state index in [0.717, 1.165) is 10.4 Å². The summed E-state index contributed by atoms with van der Waals surface area (Å²) < 4.78 is 5.30. The number of carbonyl (C=O) groups is 1. The van der Waals surface area contributed by atoms with Gasteiger partial charge in [0.25, 0.3) is 11.6 Å². The van der Waals surface area contributed by atoms with Gasteiger partial charge in [-0.05, 0) is 11.3 Å². The number of nitro groups is 1. The molecule has 164 valence electrons. The molecule has 2 heterocycles. The number of tetrazole rings is 1. The first-order valence-corrected chi connectivity index (χ1v) is 9.86. The number of nitrogens with zero attached hydrogens (tertiary/aromatic N) is 7. The van der Waals surface area contributed by atoms with Crippen LogP contribution in [0.2, 0.25) is 0 Å². The number of benzene rings is 2. The molecular weight excluding hydrogens is 416 g/mol. The lowest BCUT2D eigenvalue weighted by Gasteiger charge is -2.28. The summed E-state index contributed by atoms with van der Waals surface area (Å²) in [4.78, 5) is 26.3. The fourth-order valence-corrected chi connectivity index (χ4v) is 3.19. The molecule has 1 fully saturated rings. The Hall–Kier alpha value is -4.19. The Morgan fingerprint density at radius 3 is 2.75 bits per heavy atom. The van der Waals surface area contributed by atoms with Crippen LogP contribution < -0.4 is 10.3 Å². The molecule has 0 radical (unpaired) electrons. The average molecular weight is 436 g/mol. The van der Waals surface area contributed by atoms with Crippen LogP contribution in [0.5, 0.6) is 0 Å². The molecule has 1 aliphatic rings. The first-order valence-electron chi connectivity index (χ1n) is 9.86. The van der Waals surface area contributed by atoms with Crippen molar-refractivity contribution >= 4 is 23.5 Å². The van der Waals surface area contributed by atoms with Gasteiger partial charge in [0, 0.05) is 30.3 Å². The topological polar surface area (TPSA) is 141 Å². The highest BCUT2D eigenvalue weighted by atomic mass is 16.6. The Labute approximate surface area is 182 Å². The van der Waals surface area contributed by atoms with E-state index < -0.39 is 10.8 Å². The number of aromatic nitrogens is 4. The van der Waals surface area contributed by atoms with Crippen molar-refractivity contribution in [1.29, 1.82) is 0 Å². The summed E-state index contributed by atoms with van der Waals surface area (Å²) >= 11 is 0. The lowest BCUT2D eigenvalue weighted by Crippen LogP contribution is -2.36. The monoisotopic (exact) mass is 436 g/mol. The molecule has 0 atom stereocenters. The molecule has 1 amide bonds. The number of anilines is 1. The minimum absolute atomic E-state index is 0.0255. The molecule has 0 unspecified atom stereocenters. The predicted molar refractivity (Wildman–Crippen MR) is 115 cm³/mol. The number of hydrogen-bond acceptors (Lipinski definition) is 9. The Balaban J connectivity index is 1.37. The summed E-state index contributed by atoms with van der Waals surface area (Å²) in [5.74, 6) is -0.0488. The van der Waals surface area contributed by atoms with Crippen LogP contribution >= 0.6 is 0 Å². The number of amides is 1. The molecular formula is C20H20N8O4. The van der Waals surface area contributed by atoms with E-state index in [4.69, 9.17) is 4.74 Å². The first-order chi connectivity index (χ1) is 15.6. The molecule has 1 N–H and O–H groups in total. The highest BCUT2D eigenvalue weighted by Gasteiger charge is 2.21. The number of nitro benzene ring substituents is 1. The van der Waals surface area contributed by atoms with E-state index in [2.05, 4.69) is 25.9 Å². The number of hydrazone groups is 1. The molecule has 0 bridgehead atoms. The van der Waals surface area contributed by atoms with Gasteiger partial charge in [-0.3, -0.25) is 14.9 Å². The van der Waals surface area contributed by atoms with Crippen LogP contribution in [0.15, 0.2) is 53.6 Å². The minimum Gasteiger partial charge on any atom is -0.378 e. The van der Waals surface area contributed by atoms with Gasteiger partial charge in [-0.2, -0.15) is 9.90 Å². The van der Waals surface area contributed by atoms with Crippen LogP contribution in [0.1, 0.15) is 5.56 Å². The van der Waals surface area contributed by atoms with E-state index >= 15 is 0 Å². The second-order valence-electron chi connectivity index (χ2n) is 6.91. The largest absolute Gasteiger partial charge is 0.378 e. The molecule has 12 heteroatoms. The molecule has 32 heavy (non-hydrogen) atoms. The summed E-state index contributed by atoms with van der Waals surface area (Å²) in [6, 6.07) is 14.1. The number of rotatable bonds is 7. The average Bonchev–Trinajstić information content (AvgIpc) is 3.28. The number of hydrogen-bond donors (Lipinski definition) is 1. The van der Waals surface area contributed by atoms with Gasteiger partial charge in [0.1, 0.15) is 12.2 Å². The number of carbonyl (C=O) groups excluding carboxylic acids is 1. The van der Waals surface area contributed by atoms with E-state index in [0.29, 0.717) is 43.4 Å².